The molecule has 0 saturated heterocycles. The molecule has 0 fully saturated rings. The number of nitrogens with two attached hydrogens (primary N) is 1. The molecule has 16 heavy (non-hydrogen) atoms. The third kappa shape index (κ3) is 5.89. The fourth-order valence-corrected chi connectivity index (χ4v) is 1.78. The van der Waals surface area contributed by atoms with Gasteiger partial charge in [0.25, 0.3) is 0 Å². The first-order chi connectivity index (χ1) is 7.68. The first-order valence-corrected chi connectivity index (χ1v) is 6.12. The van der Waals surface area contributed by atoms with E-state index in [1.54, 1.807) is 0 Å². The van der Waals surface area contributed by atoms with Gasteiger partial charge in [-0.1, -0.05) is 30.3 Å². The maximum Gasteiger partial charge on any atom is 0.00511 e. The number of nitrogens with zero attached hydrogens (tertiary/aromatic N) is 1. The number of rotatable bonds is 7. The minimum Gasteiger partial charge on any atom is -0.328 e. The van der Waals surface area contributed by atoms with E-state index < -0.39 is 0 Å². The lowest BCUT2D eigenvalue weighted by Gasteiger charge is -2.14. The van der Waals surface area contributed by atoms with Crippen molar-refractivity contribution >= 4 is 0 Å². The van der Waals surface area contributed by atoms with E-state index in [1.165, 1.54) is 12.0 Å². The lowest BCUT2D eigenvalue weighted by Crippen LogP contribution is -2.26. The molecule has 0 radical (unpaired) electrons. The molecule has 1 aromatic carbocycles. The zero-order valence-corrected chi connectivity index (χ0v) is 10.5. The van der Waals surface area contributed by atoms with E-state index in [9.17, 15) is 0 Å². The number of hydrogen-bond acceptors (Lipinski definition) is 2. The van der Waals surface area contributed by atoms with Crippen LogP contribution in [0.15, 0.2) is 30.3 Å². The van der Waals surface area contributed by atoms with Crippen molar-refractivity contribution in [2.45, 2.75) is 31.7 Å². The SMILES string of the molecule is CN(C)CCC(N)CCCc1ccccc1. The monoisotopic (exact) mass is 220 g/mol. The number of hydrogen-bond donors (Lipinski definition) is 1. The summed E-state index contributed by atoms with van der Waals surface area (Å²) in [5.41, 5.74) is 7.48. The second-order valence-corrected chi connectivity index (χ2v) is 4.73. The van der Waals surface area contributed by atoms with Crippen LogP contribution in [0.25, 0.3) is 0 Å². The Balaban J connectivity index is 2.11. The van der Waals surface area contributed by atoms with Crippen LogP contribution in [0, 0.1) is 0 Å². The van der Waals surface area contributed by atoms with Gasteiger partial charge in [-0.3, -0.25) is 0 Å². The first-order valence-electron chi connectivity index (χ1n) is 6.12. The maximum atomic E-state index is 6.06. The van der Waals surface area contributed by atoms with Gasteiger partial charge in [0.15, 0.2) is 0 Å². The van der Waals surface area contributed by atoms with Crippen LogP contribution in [-0.2, 0) is 6.42 Å². The number of aryl methyl sites for hydroxylation is 1. The highest BCUT2D eigenvalue weighted by Gasteiger charge is 2.03. The Morgan fingerprint density at radius 3 is 2.44 bits per heavy atom. The molecular weight excluding hydrogens is 196 g/mol. The largest absolute Gasteiger partial charge is 0.328 e. The predicted molar refractivity (Wildman–Crippen MR) is 70.5 cm³/mol. The molecule has 0 amide bonds. The summed E-state index contributed by atoms with van der Waals surface area (Å²) in [5, 5.41) is 0. The Bertz CT molecular complexity index is 269. The highest BCUT2D eigenvalue weighted by atomic mass is 15.0. The van der Waals surface area contributed by atoms with Gasteiger partial charge in [0, 0.05) is 6.04 Å². The van der Waals surface area contributed by atoms with Crippen LogP contribution in [-0.4, -0.2) is 31.6 Å². The third-order valence-electron chi connectivity index (χ3n) is 2.83. The zero-order valence-electron chi connectivity index (χ0n) is 10.5. The van der Waals surface area contributed by atoms with Crippen LogP contribution in [0.2, 0.25) is 0 Å². The second kappa shape index (κ2) is 7.42. The highest BCUT2D eigenvalue weighted by Crippen LogP contribution is 2.07. The van der Waals surface area contributed by atoms with Crippen LogP contribution < -0.4 is 5.73 Å². The van der Waals surface area contributed by atoms with E-state index in [2.05, 4.69) is 49.3 Å². The summed E-state index contributed by atoms with van der Waals surface area (Å²) in [6.07, 6.45) is 4.57. The van der Waals surface area contributed by atoms with Gasteiger partial charge in [-0.2, -0.15) is 0 Å². The van der Waals surface area contributed by atoms with Gasteiger partial charge in [0.05, 0.1) is 0 Å². The molecule has 2 N–H and O–H groups in total. The molecule has 1 rings (SSSR count). The van der Waals surface area contributed by atoms with Gasteiger partial charge in [-0.15, -0.1) is 0 Å². The Morgan fingerprint density at radius 1 is 1.12 bits per heavy atom. The molecule has 2 nitrogen and oxygen atoms in total. The first kappa shape index (κ1) is 13.2. The molecule has 0 aromatic heterocycles. The van der Waals surface area contributed by atoms with Crippen molar-refractivity contribution in [1.82, 2.24) is 4.90 Å². The van der Waals surface area contributed by atoms with Crippen LogP contribution >= 0.6 is 0 Å². The molecule has 0 spiro atoms. The summed E-state index contributed by atoms with van der Waals surface area (Å²) in [4.78, 5) is 2.19. The molecule has 1 aromatic rings. The van der Waals surface area contributed by atoms with Crippen LogP contribution in [0.1, 0.15) is 24.8 Å². The molecule has 1 unspecified atom stereocenters. The Morgan fingerprint density at radius 2 is 1.81 bits per heavy atom. The topological polar surface area (TPSA) is 29.3 Å². The molecule has 0 aliphatic carbocycles. The summed E-state index contributed by atoms with van der Waals surface area (Å²) in [7, 11) is 4.19. The fraction of sp³-hybridized carbons (Fsp3) is 0.571. The van der Waals surface area contributed by atoms with Gasteiger partial charge in [0.2, 0.25) is 0 Å². The van der Waals surface area contributed by atoms with Gasteiger partial charge in [-0.05, 0) is 51.9 Å². The average molecular weight is 220 g/mol. The average Bonchev–Trinajstić information content (AvgIpc) is 2.28. The van der Waals surface area contributed by atoms with Crippen molar-refractivity contribution in [1.29, 1.82) is 0 Å². The third-order valence-corrected chi connectivity index (χ3v) is 2.83. The molecule has 0 aliphatic rings. The minimum atomic E-state index is 0.353. The summed E-state index contributed by atoms with van der Waals surface area (Å²) in [5.74, 6) is 0. The predicted octanol–water partition coefficient (Wildman–Crippen LogP) is 2.29. The van der Waals surface area contributed by atoms with Gasteiger partial charge >= 0.3 is 0 Å². The molecule has 0 saturated carbocycles. The minimum absolute atomic E-state index is 0.353. The molecule has 0 bridgehead atoms. The van der Waals surface area contributed by atoms with E-state index in [-0.39, 0.29) is 0 Å². The van der Waals surface area contributed by atoms with Crippen molar-refractivity contribution in [3.63, 3.8) is 0 Å². The zero-order chi connectivity index (χ0) is 11.8. The van der Waals surface area contributed by atoms with E-state index in [0.29, 0.717) is 6.04 Å². The molecule has 0 aliphatic heterocycles. The molecule has 0 heterocycles. The smallest absolute Gasteiger partial charge is 0.00511 e. The van der Waals surface area contributed by atoms with Gasteiger partial charge in [-0.25, -0.2) is 0 Å². The lowest BCUT2D eigenvalue weighted by molar-refractivity contribution is 0.372. The molecule has 2 heteroatoms. The van der Waals surface area contributed by atoms with E-state index >= 15 is 0 Å². The molecule has 90 valence electrons. The standard InChI is InChI=1S/C14H24N2/c1-16(2)12-11-14(15)10-6-9-13-7-4-3-5-8-13/h3-5,7-8,14H,6,9-12,15H2,1-2H3. The fourth-order valence-electron chi connectivity index (χ4n) is 1.78. The lowest BCUT2D eigenvalue weighted by atomic mass is 10.0. The highest BCUT2D eigenvalue weighted by molar-refractivity contribution is 5.14. The van der Waals surface area contributed by atoms with Gasteiger partial charge < -0.3 is 10.6 Å². The summed E-state index contributed by atoms with van der Waals surface area (Å²) in [6.45, 7) is 1.09. The molecule has 1 atom stereocenters. The van der Waals surface area contributed by atoms with Crippen LogP contribution in [0.4, 0.5) is 0 Å². The maximum absolute atomic E-state index is 6.06. The van der Waals surface area contributed by atoms with Crippen molar-refractivity contribution in [3.05, 3.63) is 35.9 Å². The van der Waals surface area contributed by atoms with E-state index in [0.717, 1.165) is 25.8 Å². The second-order valence-electron chi connectivity index (χ2n) is 4.73. The van der Waals surface area contributed by atoms with Crippen molar-refractivity contribution in [2.75, 3.05) is 20.6 Å². The summed E-state index contributed by atoms with van der Waals surface area (Å²) < 4.78 is 0. The van der Waals surface area contributed by atoms with Gasteiger partial charge in [0.1, 0.15) is 0 Å². The number of benzene rings is 1. The van der Waals surface area contributed by atoms with Crippen molar-refractivity contribution in [3.8, 4) is 0 Å². The summed E-state index contributed by atoms with van der Waals surface area (Å²) >= 11 is 0. The molecular formula is C14H24N2. The van der Waals surface area contributed by atoms with Crippen LogP contribution in [0.3, 0.4) is 0 Å². The Hall–Kier alpha value is -0.860. The Labute approximate surface area is 99.5 Å². The van der Waals surface area contributed by atoms with E-state index in [4.69, 9.17) is 5.73 Å². The van der Waals surface area contributed by atoms with E-state index in [1.807, 2.05) is 0 Å². The van der Waals surface area contributed by atoms with Crippen molar-refractivity contribution < 1.29 is 0 Å². The van der Waals surface area contributed by atoms with Crippen LogP contribution in [0.5, 0.6) is 0 Å². The quantitative estimate of drug-likeness (QED) is 0.764. The summed E-state index contributed by atoms with van der Waals surface area (Å²) in [6, 6.07) is 11.0. The normalized spacial score (nSPS) is 13.0. The Kier molecular flexibility index (Phi) is 6.12. The van der Waals surface area contributed by atoms with Crippen molar-refractivity contribution in [2.24, 2.45) is 5.73 Å².